The molecule has 28 heavy (non-hydrogen) atoms. The summed E-state index contributed by atoms with van der Waals surface area (Å²) in [5, 5.41) is 2.94. The number of aryl methyl sites for hydroxylation is 2. The second-order valence-electron chi connectivity index (χ2n) is 6.74. The van der Waals surface area contributed by atoms with Crippen LogP contribution in [0.3, 0.4) is 0 Å². The van der Waals surface area contributed by atoms with Gasteiger partial charge in [0.1, 0.15) is 11.4 Å². The highest BCUT2D eigenvalue weighted by atomic mass is 16.5. The van der Waals surface area contributed by atoms with Crippen molar-refractivity contribution in [3.8, 4) is 17.0 Å². The minimum absolute atomic E-state index is 0.0518. The van der Waals surface area contributed by atoms with Gasteiger partial charge in [0.2, 0.25) is 0 Å². The van der Waals surface area contributed by atoms with E-state index in [1.807, 2.05) is 91.3 Å². The summed E-state index contributed by atoms with van der Waals surface area (Å²) in [6, 6.07) is 19.4. The molecule has 1 N–H and O–H groups in total. The maximum absolute atomic E-state index is 12.5. The molecule has 0 bridgehead atoms. The predicted molar refractivity (Wildman–Crippen MR) is 111 cm³/mol. The Morgan fingerprint density at radius 3 is 2.75 bits per heavy atom. The predicted octanol–water partition coefficient (Wildman–Crippen LogP) is 4.64. The lowest BCUT2D eigenvalue weighted by atomic mass is 10.1. The normalized spacial score (nSPS) is 10.8. The number of rotatable bonds is 5. The van der Waals surface area contributed by atoms with Crippen LogP contribution in [0.1, 0.15) is 11.1 Å². The van der Waals surface area contributed by atoms with Crippen LogP contribution in [0.15, 0.2) is 73.1 Å². The zero-order valence-electron chi connectivity index (χ0n) is 15.8. The number of hydrogen-bond acceptors (Lipinski definition) is 3. The monoisotopic (exact) mass is 371 g/mol. The highest BCUT2D eigenvalue weighted by Gasteiger charge is 2.12. The molecule has 0 saturated carbocycles. The molecule has 0 aliphatic carbocycles. The van der Waals surface area contributed by atoms with Crippen molar-refractivity contribution in [3.63, 3.8) is 0 Å². The fourth-order valence-corrected chi connectivity index (χ4v) is 3.07. The minimum atomic E-state index is -0.211. The number of fused-ring (bicyclic) bond motifs is 1. The molecule has 5 heteroatoms. The third-order valence-corrected chi connectivity index (χ3v) is 4.54. The van der Waals surface area contributed by atoms with E-state index in [0.29, 0.717) is 5.69 Å². The molecule has 1 amide bonds. The molecule has 0 radical (unpaired) electrons. The Hall–Kier alpha value is -3.60. The van der Waals surface area contributed by atoms with Gasteiger partial charge in [-0.2, -0.15) is 0 Å². The largest absolute Gasteiger partial charge is 0.483 e. The number of aromatic nitrogens is 2. The molecular weight excluding hydrogens is 350 g/mol. The number of nitrogens with one attached hydrogen (secondary N) is 1. The average molecular weight is 371 g/mol. The standard InChI is InChI=1S/C23H21N3O2/c1-16-10-11-17(2)21(13-16)28-15-23(27)25-19-8-4-3-7-18(19)20-14-26-12-6-5-9-22(26)24-20/h3-14H,15H2,1-2H3,(H,25,27). The topological polar surface area (TPSA) is 55.6 Å². The number of hydrogen-bond donors (Lipinski definition) is 1. The summed E-state index contributed by atoms with van der Waals surface area (Å²) < 4.78 is 7.67. The summed E-state index contributed by atoms with van der Waals surface area (Å²) in [7, 11) is 0. The van der Waals surface area contributed by atoms with Crippen LogP contribution >= 0.6 is 0 Å². The zero-order valence-corrected chi connectivity index (χ0v) is 15.8. The summed E-state index contributed by atoms with van der Waals surface area (Å²) in [4.78, 5) is 17.1. The zero-order chi connectivity index (χ0) is 19.5. The summed E-state index contributed by atoms with van der Waals surface area (Å²) in [5.41, 5.74) is 5.34. The van der Waals surface area contributed by atoms with Crippen molar-refractivity contribution >= 4 is 17.2 Å². The number of nitrogens with zero attached hydrogens (tertiary/aromatic N) is 2. The van der Waals surface area contributed by atoms with Crippen molar-refractivity contribution in [1.82, 2.24) is 9.38 Å². The van der Waals surface area contributed by atoms with Gasteiger partial charge in [-0.3, -0.25) is 4.79 Å². The highest BCUT2D eigenvalue weighted by Crippen LogP contribution is 2.27. The smallest absolute Gasteiger partial charge is 0.262 e. The fourth-order valence-electron chi connectivity index (χ4n) is 3.07. The van der Waals surface area contributed by atoms with E-state index in [1.165, 1.54) is 0 Å². The van der Waals surface area contributed by atoms with Gasteiger partial charge < -0.3 is 14.5 Å². The van der Waals surface area contributed by atoms with Gasteiger partial charge in [-0.25, -0.2) is 4.98 Å². The molecule has 0 atom stereocenters. The first-order valence-electron chi connectivity index (χ1n) is 9.13. The molecule has 4 aromatic rings. The number of pyridine rings is 1. The fraction of sp³-hybridized carbons (Fsp3) is 0.130. The number of ether oxygens (including phenoxy) is 1. The number of carbonyl (C=O) groups excluding carboxylic acids is 1. The second-order valence-corrected chi connectivity index (χ2v) is 6.74. The summed E-state index contributed by atoms with van der Waals surface area (Å²) in [5.74, 6) is 0.515. The Morgan fingerprint density at radius 2 is 1.89 bits per heavy atom. The Labute approximate surface area is 163 Å². The van der Waals surface area contributed by atoms with Gasteiger partial charge in [0.25, 0.3) is 5.91 Å². The van der Waals surface area contributed by atoms with Gasteiger partial charge in [0.15, 0.2) is 6.61 Å². The quantitative estimate of drug-likeness (QED) is 0.556. The van der Waals surface area contributed by atoms with Crippen LogP contribution in [-0.2, 0) is 4.79 Å². The SMILES string of the molecule is Cc1ccc(C)c(OCC(=O)Nc2ccccc2-c2cn3ccccc3n2)c1. The van der Waals surface area contributed by atoms with Crippen LogP contribution < -0.4 is 10.1 Å². The highest BCUT2D eigenvalue weighted by molar-refractivity contribution is 5.96. The molecule has 2 heterocycles. The van der Waals surface area contributed by atoms with E-state index in [1.54, 1.807) is 0 Å². The van der Waals surface area contributed by atoms with E-state index < -0.39 is 0 Å². The van der Waals surface area contributed by atoms with Crippen LogP contribution in [0.2, 0.25) is 0 Å². The maximum Gasteiger partial charge on any atom is 0.262 e. The van der Waals surface area contributed by atoms with Gasteiger partial charge in [-0.05, 0) is 49.2 Å². The van der Waals surface area contributed by atoms with E-state index in [9.17, 15) is 4.79 Å². The molecule has 0 aliphatic heterocycles. The van der Waals surface area contributed by atoms with Crippen LogP contribution in [0.5, 0.6) is 5.75 Å². The molecule has 0 aliphatic rings. The molecule has 0 fully saturated rings. The van der Waals surface area contributed by atoms with Crippen molar-refractivity contribution in [2.75, 3.05) is 11.9 Å². The van der Waals surface area contributed by atoms with E-state index in [2.05, 4.69) is 10.3 Å². The number of para-hydroxylation sites is 1. The Kier molecular flexibility index (Phi) is 4.81. The summed E-state index contributed by atoms with van der Waals surface area (Å²) in [6.07, 6.45) is 3.90. The first kappa shape index (κ1) is 17.8. The van der Waals surface area contributed by atoms with E-state index in [0.717, 1.165) is 33.8 Å². The average Bonchev–Trinajstić information content (AvgIpc) is 3.13. The van der Waals surface area contributed by atoms with Crippen LogP contribution in [-0.4, -0.2) is 21.9 Å². The lowest BCUT2D eigenvalue weighted by molar-refractivity contribution is -0.118. The Balaban J connectivity index is 1.52. The first-order valence-corrected chi connectivity index (χ1v) is 9.13. The molecule has 140 valence electrons. The van der Waals surface area contributed by atoms with Crippen molar-refractivity contribution in [2.45, 2.75) is 13.8 Å². The lowest BCUT2D eigenvalue weighted by Crippen LogP contribution is -2.20. The Bertz CT molecular complexity index is 1110. The second kappa shape index (κ2) is 7.56. The van der Waals surface area contributed by atoms with Gasteiger partial charge in [0.05, 0.1) is 11.4 Å². The van der Waals surface area contributed by atoms with Crippen molar-refractivity contribution in [2.24, 2.45) is 0 Å². The van der Waals surface area contributed by atoms with Gasteiger partial charge in [-0.15, -0.1) is 0 Å². The third-order valence-electron chi connectivity index (χ3n) is 4.54. The molecule has 0 unspecified atom stereocenters. The lowest BCUT2D eigenvalue weighted by Gasteiger charge is -2.12. The van der Waals surface area contributed by atoms with Crippen molar-refractivity contribution in [1.29, 1.82) is 0 Å². The maximum atomic E-state index is 12.5. The molecule has 0 spiro atoms. The van der Waals surface area contributed by atoms with E-state index in [4.69, 9.17) is 4.74 Å². The van der Waals surface area contributed by atoms with Crippen molar-refractivity contribution < 1.29 is 9.53 Å². The minimum Gasteiger partial charge on any atom is -0.483 e. The van der Waals surface area contributed by atoms with Gasteiger partial charge >= 0.3 is 0 Å². The van der Waals surface area contributed by atoms with Crippen LogP contribution in [0.25, 0.3) is 16.9 Å². The van der Waals surface area contributed by atoms with Gasteiger partial charge in [0, 0.05) is 18.0 Å². The number of carbonyl (C=O) groups is 1. The van der Waals surface area contributed by atoms with Crippen LogP contribution in [0, 0.1) is 13.8 Å². The number of amides is 1. The molecule has 4 rings (SSSR count). The van der Waals surface area contributed by atoms with Crippen LogP contribution in [0.4, 0.5) is 5.69 Å². The molecule has 2 aromatic heterocycles. The first-order chi connectivity index (χ1) is 13.6. The molecule has 5 nitrogen and oxygen atoms in total. The molecule has 0 saturated heterocycles. The van der Waals surface area contributed by atoms with Crippen molar-refractivity contribution in [3.05, 3.63) is 84.2 Å². The third kappa shape index (κ3) is 3.74. The molecular formula is C23H21N3O2. The van der Waals surface area contributed by atoms with Gasteiger partial charge in [-0.1, -0.05) is 36.4 Å². The van der Waals surface area contributed by atoms with E-state index >= 15 is 0 Å². The Morgan fingerprint density at radius 1 is 1.07 bits per heavy atom. The molecule has 2 aromatic carbocycles. The van der Waals surface area contributed by atoms with E-state index in [-0.39, 0.29) is 12.5 Å². The number of anilines is 1. The summed E-state index contributed by atoms with van der Waals surface area (Å²) >= 11 is 0. The number of imidazole rings is 1. The number of benzene rings is 2. The summed E-state index contributed by atoms with van der Waals surface area (Å²) in [6.45, 7) is 3.91.